The van der Waals surface area contributed by atoms with Crippen molar-refractivity contribution in [3.05, 3.63) is 65.0 Å². The van der Waals surface area contributed by atoms with Gasteiger partial charge in [0.25, 0.3) is 0 Å². The Morgan fingerprint density at radius 2 is 1.60 bits per heavy atom. The van der Waals surface area contributed by atoms with Gasteiger partial charge in [-0.3, -0.25) is 0 Å². The van der Waals surface area contributed by atoms with Crippen LogP contribution in [0.4, 0.5) is 4.39 Å². The summed E-state index contributed by atoms with van der Waals surface area (Å²) in [7, 11) is -3.54. The maximum atomic E-state index is 13.5. The molecule has 0 saturated heterocycles. The molecule has 20 heavy (non-hydrogen) atoms. The second kappa shape index (κ2) is 5.73. The van der Waals surface area contributed by atoms with Crippen LogP contribution in [0.3, 0.4) is 0 Å². The van der Waals surface area contributed by atoms with E-state index in [1.807, 2.05) is 0 Å². The zero-order chi connectivity index (χ0) is 14.8. The van der Waals surface area contributed by atoms with Gasteiger partial charge in [-0.05, 0) is 42.7 Å². The van der Waals surface area contributed by atoms with E-state index in [-0.39, 0.29) is 17.3 Å². The summed E-state index contributed by atoms with van der Waals surface area (Å²) in [6.07, 6.45) is 0. The fraction of sp³-hybridized carbons (Fsp3) is 0.200. The normalized spacial score (nSPS) is 11.6. The van der Waals surface area contributed by atoms with Crippen LogP contribution in [0.2, 0.25) is 0 Å². The molecular weight excluding hydrogens is 277 g/mol. The number of sulfonamides is 1. The van der Waals surface area contributed by atoms with Gasteiger partial charge in [0.1, 0.15) is 5.82 Å². The van der Waals surface area contributed by atoms with Crippen molar-refractivity contribution in [1.29, 1.82) is 0 Å². The van der Waals surface area contributed by atoms with Crippen LogP contribution in [0.25, 0.3) is 0 Å². The van der Waals surface area contributed by atoms with Crippen LogP contribution in [0, 0.1) is 19.7 Å². The summed E-state index contributed by atoms with van der Waals surface area (Å²) in [5.41, 5.74) is 1.76. The van der Waals surface area contributed by atoms with Crippen LogP contribution in [0.15, 0.2) is 47.4 Å². The largest absolute Gasteiger partial charge is 0.240 e. The van der Waals surface area contributed by atoms with Gasteiger partial charge in [-0.15, -0.1) is 0 Å². The topological polar surface area (TPSA) is 46.2 Å². The summed E-state index contributed by atoms with van der Waals surface area (Å²) in [6, 6.07) is 11.5. The number of halogens is 1. The van der Waals surface area contributed by atoms with Crippen LogP contribution >= 0.6 is 0 Å². The zero-order valence-corrected chi connectivity index (χ0v) is 12.2. The Kier molecular flexibility index (Phi) is 4.20. The Labute approximate surface area is 118 Å². The quantitative estimate of drug-likeness (QED) is 0.942. The molecule has 0 aromatic heterocycles. The minimum atomic E-state index is -3.54. The third kappa shape index (κ3) is 3.23. The van der Waals surface area contributed by atoms with E-state index in [4.69, 9.17) is 0 Å². The van der Waals surface area contributed by atoms with Gasteiger partial charge in [0.15, 0.2) is 0 Å². The fourth-order valence-corrected chi connectivity index (χ4v) is 3.04. The van der Waals surface area contributed by atoms with Gasteiger partial charge >= 0.3 is 0 Å². The van der Waals surface area contributed by atoms with Crippen molar-refractivity contribution in [3.8, 4) is 0 Å². The lowest BCUT2D eigenvalue weighted by molar-refractivity contribution is 0.581. The minimum absolute atomic E-state index is 0.138. The van der Waals surface area contributed by atoms with E-state index in [0.29, 0.717) is 11.1 Å². The highest BCUT2D eigenvalue weighted by atomic mass is 32.2. The Balaban J connectivity index is 2.17. The molecule has 0 unspecified atom stereocenters. The van der Waals surface area contributed by atoms with Gasteiger partial charge in [0, 0.05) is 6.54 Å². The lowest BCUT2D eigenvalue weighted by atomic mass is 10.1. The number of hydrogen-bond donors (Lipinski definition) is 1. The molecule has 0 aliphatic heterocycles. The molecule has 0 saturated carbocycles. The standard InChI is InChI=1S/C15H16FNO2S/c1-11-8-13(9-12(2)15(11)16)10-17-20(18,19)14-6-4-3-5-7-14/h3-9,17H,10H2,1-2H3. The molecule has 2 aromatic carbocycles. The first-order valence-electron chi connectivity index (χ1n) is 6.20. The maximum Gasteiger partial charge on any atom is 0.240 e. The van der Waals surface area contributed by atoms with Gasteiger partial charge in [-0.2, -0.15) is 0 Å². The fourth-order valence-electron chi connectivity index (χ4n) is 2.00. The summed E-state index contributed by atoms with van der Waals surface area (Å²) >= 11 is 0. The number of rotatable bonds is 4. The smallest absolute Gasteiger partial charge is 0.207 e. The number of aryl methyl sites for hydroxylation is 2. The van der Waals surface area contributed by atoms with Crippen LogP contribution in [0.1, 0.15) is 16.7 Å². The second-order valence-electron chi connectivity index (χ2n) is 4.68. The molecule has 0 fully saturated rings. The Morgan fingerprint density at radius 3 is 2.15 bits per heavy atom. The molecule has 106 valence electrons. The van der Waals surface area contributed by atoms with Crippen molar-refractivity contribution in [3.63, 3.8) is 0 Å². The van der Waals surface area contributed by atoms with Crippen molar-refractivity contribution >= 4 is 10.0 Å². The Hall–Kier alpha value is -1.72. The minimum Gasteiger partial charge on any atom is -0.207 e. The molecule has 0 atom stereocenters. The van der Waals surface area contributed by atoms with E-state index in [0.717, 1.165) is 5.56 Å². The highest BCUT2D eigenvalue weighted by Gasteiger charge is 2.13. The van der Waals surface area contributed by atoms with Crippen LogP contribution < -0.4 is 4.72 Å². The number of hydrogen-bond acceptors (Lipinski definition) is 2. The molecule has 0 spiro atoms. The summed E-state index contributed by atoms with van der Waals surface area (Å²) in [5, 5.41) is 0. The van der Waals surface area contributed by atoms with Gasteiger partial charge < -0.3 is 0 Å². The first-order chi connectivity index (χ1) is 9.40. The average Bonchev–Trinajstić information content (AvgIpc) is 2.43. The zero-order valence-electron chi connectivity index (χ0n) is 11.4. The van der Waals surface area contributed by atoms with Gasteiger partial charge in [-0.25, -0.2) is 17.5 Å². The third-order valence-electron chi connectivity index (χ3n) is 3.02. The van der Waals surface area contributed by atoms with E-state index in [1.165, 1.54) is 12.1 Å². The summed E-state index contributed by atoms with van der Waals surface area (Å²) in [6.45, 7) is 3.47. The van der Waals surface area contributed by atoms with Crippen molar-refractivity contribution < 1.29 is 12.8 Å². The predicted molar refractivity (Wildman–Crippen MR) is 76.3 cm³/mol. The number of benzene rings is 2. The van der Waals surface area contributed by atoms with Crippen molar-refractivity contribution in [2.45, 2.75) is 25.3 Å². The van der Waals surface area contributed by atoms with E-state index in [2.05, 4.69) is 4.72 Å². The first-order valence-corrected chi connectivity index (χ1v) is 7.69. The lowest BCUT2D eigenvalue weighted by Gasteiger charge is -2.09. The maximum absolute atomic E-state index is 13.5. The van der Waals surface area contributed by atoms with Gasteiger partial charge in [0.05, 0.1) is 4.90 Å². The van der Waals surface area contributed by atoms with Gasteiger partial charge in [-0.1, -0.05) is 30.3 Å². The molecule has 2 rings (SSSR count). The van der Waals surface area contributed by atoms with Crippen LogP contribution in [-0.2, 0) is 16.6 Å². The summed E-state index contributed by atoms with van der Waals surface area (Å²) < 4.78 is 40.1. The number of nitrogens with one attached hydrogen (secondary N) is 1. The summed E-state index contributed by atoms with van der Waals surface area (Å²) in [5.74, 6) is -0.250. The van der Waals surface area contributed by atoms with Crippen molar-refractivity contribution in [2.24, 2.45) is 0 Å². The molecule has 0 radical (unpaired) electrons. The molecule has 5 heteroatoms. The monoisotopic (exact) mass is 293 g/mol. The van der Waals surface area contributed by atoms with Crippen LogP contribution in [-0.4, -0.2) is 8.42 Å². The third-order valence-corrected chi connectivity index (χ3v) is 4.43. The van der Waals surface area contributed by atoms with E-state index in [1.54, 1.807) is 44.2 Å². The van der Waals surface area contributed by atoms with Crippen LogP contribution in [0.5, 0.6) is 0 Å². The second-order valence-corrected chi connectivity index (χ2v) is 6.45. The SMILES string of the molecule is Cc1cc(CNS(=O)(=O)c2ccccc2)cc(C)c1F. The van der Waals surface area contributed by atoms with E-state index < -0.39 is 10.0 Å². The van der Waals surface area contributed by atoms with Crippen molar-refractivity contribution in [1.82, 2.24) is 4.72 Å². The summed E-state index contributed by atoms with van der Waals surface area (Å²) in [4.78, 5) is 0.218. The van der Waals surface area contributed by atoms with Crippen molar-refractivity contribution in [2.75, 3.05) is 0 Å². The highest BCUT2D eigenvalue weighted by Crippen LogP contribution is 2.15. The molecule has 0 bridgehead atoms. The average molecular weight is 293 g/mol. The van der Waals surface area contributed by atoms with Gasteiger partial charge in [0.2, 0.25) is 10.0 Å². The highest BCUT2D eigenvalue weighted by molar-refractivity contribution is 7.89. The lowest BCUT2D eigenvalue weighted by Crippen LogP contribution is -2.23. The molecular formula is C15H16FNO2S. The molecule has 0 aliphatic carbocycles. The Bertz CT molecular complexity index is 689. The molecule has 2 aromatic rings. The molecule has 0 amide bonds. The predicted octanol–water partition coefficient (Wildman–Crippen LogP) is 2.92. The molecule has 0 aliphatic rings. The van der Waals surface area contributed by atoms with E-state index >= 15 is 0 Å². The molecule has 3 nitrogen and oxygen atoms in total. The first kappa shape index (κ1) is 14.7. The Morgan fingerprint density at radius 1 is 1.05 bits per heavy atom. The molecule has 1 N–H and O–H groups in total. The van der Waals surface area contributed by atoms with E-state index in [9.17, 15) is 12.8 Å². The molecule has 0 heterocycles.